The average Bonchev–Trinajstić information content (AvgIpc) is 2.61. The fourth-order valence-corrected chi connectivity index (χ4v) is 2.25. The number of hydrogen-bond donors (Lipinski definition) is 2. The van der Waals surface area contributed by atoms with Gasteiger partial charge in [-0.3, -0.25) is 19.7 Å². The van der Waals surface area contributed by atoms with E-state index in [1.54, 1.807) is 31.2 Å². The summed E-state index contributed by atoms with van der Waals surface area (Å²) >= 11 is 5.82. The van der Waals surface area contributed by atoms with Gasteiger partial charge in [0.25, 0.3) is 17.5 Å². The zero-order valence-corrected chi connectivity index (χ0v) is 14.6. The van der Waals surface area contributed by atoms with Crippen molar-refractivity contribution in [2.45, 2.75) is 6.92 Å². The molecule has 0 aromatic heterocycles. The highest BCUT2D eigenvalue weighted by Crippen LogP contribution is 2.24. The molecule has 0 saturated heterocycles. The van der Waals surface area contributed by atoms with Gasteiger partial charge in [-0.2, -0.15) is 0 Å². The van der Waals surface area contributed by atoms with Gasteiger partial charge in [-0.05, 0) is 43.3 Å². The van der Waals surface area contributed by atoms with Crippen LogP contribution in [0, 0.1) is 10.1 Å². The molecule has 9 heteroatoms. The van der Waals surface area contributed by atoms with E-state index in [0.717, 1.165) is 0 Å². The van der Waals surface area contributed by atoms with Crippen LogP contribution in [0.25, 0.3) is 0 Å². The SMILES string of the molecule is CCNC(=O)COc1ccc(NC(=O)c2cc(Cl)ccc2[N+](=O)[O-])cc1. The van der Waals surface area contributed by atoms with Gasteiger partial charge in [-0.1, -0.05) is 11.6 Å². The Bertz CT molecular complexity index is 824. The minimum atomic E-state index is -0.657. The lowest BCUT2D eigenvalue weighted by molar-refractivity contribution is -0.385. The van der Waals surface area contributed by atoms with Crippen LogP contribution < -0.4 is 15.4 Å². The van der Waals surface area contributed by atoms with Crippen molar-refractivity contribution in [2.24, 2.45) is 0 Å². The van der Waals surface area contributed by atoms with E-state index in [1.807, 2.05) is 0 Å². The maximum absolute atomic E-state index is 12.3. The Labute approximate surface area is 154 Å². The molecule has 2 aromatic carbocycles. The van der Waals surface area contributed by atoms with Crippen LogP contribution in [0.1, 0.15) is 17.3 Å². The molecular formula is C17H16ClN3O5. The van der Waals surface area contributed by atoms with Crippen LogP contribution in [0.5, 0.6) is 5.75 Å². The van der Waals surface area contributed by atoms with Gasteiger partial charge in [0, 0.05) is 23.3 Å². The minimum absolute atomic E-state index is 0.117. The minimum Gasteiger partial charge on any atom is -0.484 e. The summed E-state index contributed by atoms with van der Waals surface area (Å²) in [5, 5.41) is 16.4. The van der Waals surface area contributed by atoms with Crippen LogP contribution in [-0.4, -0.2) is 29.9 Å². The fraction of sp³-hybridized carbons (Fsp3) is 0.176. The first kappa shape index (κ1) is 19.2. The van der Waals surface area contributed by atoms with Gasteiger partial charge in [-0.25, -0.2) is 0 Å². The largest absolute Gasteiger partial charge is 0.484 e. The zero-order valence-electron chi connectivity index (χ0n) is 13.8. The van der Waals surface area contributed by atoms with Gasteiger partial charge in [0.1, 0.15) is 11.3 Å². The van der Waals surface area contributed by atoms with Crippen molar-refractivity contribution >= 4 is 34.8 Å². The van der Waals surface area contributed by atoms with Crippen molar-refractivity contribution in [2.75, 3.05) is 18.5 Å². The highest BCUT2D eigenvalue weighted by Gasteiger charge is 2.20. The molecule has 136 valence electrons. The normalized spacial score (nSPS) is 10.1. The summed E-state index contributed by atoms with van der Waals surface area (Å²) in [7, 11) is 0. The van der Waals surface area contributed by atoms with Crippen LogP contribution in [0.3, 0.4) is 0 Å². The van der Waals surface area contributed by atoms with E-state index in [1.165, 1.54) is 18.2 Å². The Morgan fingerprint density at radius 2 is 1.88 bits per heavy atom. The van der Waals surface area contributed by atoms with Crippen molar-refractivity contribution < 1.29 is 19.2 Å². The smallest absolute Gasteiger partial charge is 0.282 e. The van der Waals surface area contributed by atoms with E-state index in [2.05, 4.69) is 10.6 Å². The second kappa shape index (κ2) is 8.82. The molecule has 0 heterocycles. The standard InChI is InChI=1S/C17H16ClN3O5/c1-2-19-16(22)10-26-13-6-4-12(5-7-13)20-17(23)14-9-11(18)3-8-15(14)21(24)25/h3-9H,2,10H2,1H3,(H,19,22)(H,20,23). The molecular weight excluding hydrogens is 362 g/mol. The monoisotopic (exact) mass is 377 g/mol. The number of amides is 2. The molecule has 0 fully saturated rings. The summed E-state index contributed by atoms with van der Waals surface area (Å²) in [5.41, 5.74) is -0.0671. The van der Waals surface area contributed by atoms with Crippen LogP contribution in [0.2, 0.25) is 5.02 Å². The van der Waals surface area contributed by atoms with Crippen LogP contribution in [-0.2, 0) is 4.79 Å². The average molecular weight is 378 g/mol. The van der Waals surface area contributed by atoms with Gasteiger partial charge in [0.05, 0.1) is 4.92 Å². The summed E-state index contributed by atoms with van der Waals surface area (Å²) in [6.45, 7) is 2.21. The summed E-state index contributed by atoms with van der Waals surface area (Å²) in [4.78, 5) is 34.0. The molecule has 2 amide bonds. The molecule has 2 N–H and O–H groups in total. The summed E-state index contributed by atoms with van der Waals surface area (Å²) in [5.74, 6) is -0.448. The number of carbonyl (C=O) groups excluding carboxylic acids is 2. The molecule has 0 radical (unpaired) electrons. The molecule has 26 heavy (non-hydrogen) atoms. The van der Waals surface area contributed by atoms with E-state index in [4.69, 9.17) is 16.3 Å². The van der Waals surface area contributed by atoms with Crippen LogP contribution in [0.4, 0.5) is 11.4 Å². The number of benzene rings is 2. The molecule has 8 nitrogen and oxygen atoms in total. The molecule has 2 rings (SSSR count). The van der Waals surface area contributed by atoms with E-state index in [9.17, 15) is 19.7 Å². The Kier molecular flexibility index (Phi) is 6.51. The molecule has 2 aromatic rings. The quantitative estimate of drug-likeness (QED) is 0.569. The van der Waals surface area contributed by atoms with Crippen molar-refractivity contribution in [1.82, 2.24) is 5.32 Å². The fourth-order valence-electron chi connectivity index (χ4n) is 2.08. The first-order chi connectivity index (χ1) is 12.4. The molecule has 0 bridgehead atoms. The number of ether oxygens (including phenoxy) is 1. The third kappa shape index (κ3) is 5.18. The van der Waals surface area contributed by atoms with Crippen LogP contribution in [0.15, 0.2) is 42.5 Å². The molecule has 0 aliphatic heterocycles. The summed E-state index contributed by atoms with van der Waals surface area (Å²) in [6.07, 6.45) is 0. The molecule has 0 aliphatic rings. The van der Waals surface area contributed by atoms with Gasteiger partial charge in [-0.15, -0.1) is 0 Å². The van der Waals surface area contributed by atoms with Gasteiger partial charge in [0.15, 0.2) is 6.61 Å². The lowest BCUT2D eigenvalue weighted by Gasteiger charge is -2.09. The van der Waals surface area contributed by atoms with Crippen LogP contribution >= 0.6 is 11.6 Å². The number of nitrogens with zero attached hydrogens (tertiary/aromatic N) is 1. The number of nitro benzene ring substituents is 1. The number of likely N-dealkylation sites (N-methyl/N-ethyl adjacent to an activating group) is 1. The predicted molar refractivity (Wildman–Crippen MR) is 96.7 cm³/mol. The van der Waals surface area contributed by atoms with E-state index in [-0.39, 0.29) is 28.8 Å². The van der Waals surface area contributed by atoms with E-state index in [0.29, 0.717) is 18.0 Å². The lowest BCUT2D eigenvalue weighted by atomic mass is 10.1. The third-order valence-corrected chi connectivity index (χ3v) is 3.49. The van der Waals surface area contributed by atoms with Crippen molar-refractivity contribution in [3.63, 3.8) is 0 Å². The van der Waals surface area contributed by atoms with Crippen molar-refractivity contribution in [3.8, 4) is 5.75 Å². The van der Waals surface area contributed by atoms with Gasteiger partial charge in [0.2, 0.25) is 0 Å². The highest BCUT2D eigenvalue weighted by molar-refractivity contribution is 6.31. The predicted octanol–water partition coefficient (Wildman–Crippen LogP) is 3.02. The molecule has 0 spiro atoms. The maximum Gasteiger partial charge on any atom is 0.282 e. The first-order valence-corrected chi connectivity index (χ1v) is 8.03. The lowest BCUT2D eigenvalue weighted by Crippen LogP contribution is -2.28. The number of carbonyl (C=O) groups is 2. The third-order valence-electron chi connectivity index (χ3n) is 3.26. The molecule has 0 aliphatic carbocycles. The Balaban J connectivity index is 2.05. The topological polar surface area (TPSA) is 111 Å². The van der Waals surface area contributed by atoms with Gasteiger partial charge >= 0.3 is 0 Å². The number of rotatable bonds is 7. The Morgan fingerprint density at radius 3 is 2.50 bits per heavy atom. The van der Waals surface area contributed by atoms with E-state index < -0.39 is 10.8 Å². The first-order valence-electron chi connectivity index (χ1n) is 7.65. The Morgan fingerprint density at radius 1 is 1.19 bits per heavy atom. The zero-order chi connectivity index (χ0) is 19.1. The second-order valence-electron chi connectivity index (χ2n) is 5.14. The van der Waals surface area contributed by atoms with Crippen molar-refractivity contribution in [3.05, 3.63) is 63.2 Å². The van der Waals surface area contributed by atoms with E-state index >= 15 is 0 Å². The highest BCUT2D eigenvalue weighted by atomic mass is 35.5. The number of nitrogens with one attached hydrogen (secondary N) is 2. The molecule has 0 atom stereocenters. The number of halogens is 1. The van der Waals surface area contributed by atoms with Crippen molar-refractivity contribution in [1.29, 1.82) is 0 Å². The second-order valence-corrected chi connectivity index (χ2v) is 5.58. The van der Waals surface area contributed by atoms with Gasteiger partial charge < -0.3 is 15.4 Å². The number of nitro groups is 1. The Hall–Kier alpha value is -3.13. The summed E-state index contributed by atoms with van der Waals surface area (Å²) < 4.78 is 5.30. The molecule has 0 unspecified atom stereocenters. The molecule has 0 saturated carbocycles. The number of hydrogen-bond acceptors (Lipinski definition) is 5. The summed E-state index contributed by atoms with van der Waals surface area (Å²) in [6, 6.07) is 10.0. The number of anilines is 1. The maximum atomic E-state index is 12.3.